The van der Waals surface area contributed by atoms with Crippen LogP contribution in [0.25, 0.3) is 12.2 Å². The van der Waals surface area contributed by atoms with E-state index in [4.69, 9.17) is 0 Å². The smallest absolute Gasteiger partial charge is 0.202 e. The van der Waals surface area contributed by atoms with Crippen LogP contribution in [0.5, 0.6) is 0 Å². The number of aryl methyl sites for hydroxylation is 1. The fourth-order valence-corrected chi connectivity index (χ4v) is 1.59. The quantitative estimate of drug-likeness (QED) is 0.554. The molecule has 2 rings (SSSR count). The van der Waals surface area contributed by atoms with Crippen molar-refractivity contribution in [2.45, 2.75) is 0 Å². The van der Waals surface area contributed by atoms with Crippen LogP contribution in [-0.4, -0.2) is 0 Å². The highest BCUT2D eigenvalue weighted by molar-refractivity contribution is 5.54. The Morgan fingerprint density at radius 2 is 1.53 bits per heavy atom. The van der Waals surface area contributed by atoms with Crippen LogP contribution in [0.3, 0.4) is 0 Å². The summed E-state index contributed by atoms with van der Waals surface area (Å²) in [4.78, 5) is 0. The van der Waals surface area contributed by atoms with E-state index in [2.05, 4.69) is 47.1 Å². The summed E-state index contributed by atoms with van der Waals surface area (Å²) in [5.41, 5.74) is 2.40. The molecule has 0 atom stereocenters. The number of hydrogen-bond donors (Lipinski definition) is 0. The first kappa shape index (κ1) is 11.3. The Hall–Kier alpha value is -2.15. The van der Waals surface area contributed by atoms with E-state index in [1.165, 1.54) is 11.3 Å². The van der Waals surface area contributed by atoms with Crippen LogP contribution in [0.4, 0.5) is 0 Å². The Bertz CT molecular complexity index is 524. The average Bonchev–Trinajstić information content (AvgIpc) is 2.38. The Kier molecular flexibility index (Phi) is 3.87. The van der Waals surface area contributed by atoms with E-state index in [0.29, 0.717) is 0 Å². The highest BCUT2D eigenvalue weighted by Crippen LogP contribution is 2.01. The number of allylic oxidation sites excluding steroid dienone is 2. The van der Waals surface area contributed by atoms with Crippen LogP contribution in [-0.2, 0) is 7.05 Å². The summed E-state index contributed by atoms with van der Waals surface area (Å²) in [5, 5.41) is 0. The number of nitrogens with zero attached hydrogens (tertiary/aromatic N) is 1. The molecule has 17 heavy (non-hydrogen) atoms. The molecule has 2 aromatic rings. The highest BCUT2D eigenvalue weighted by atomic mass is 14.9. The SMILES string of the molecule is C[n+]1ccccc1/C=C/C=C\c1ccccc1. The van der Waals surface area contributed by atoms with Gasteiger partial charge < -0.3 is 0 Å². The van der Waals surface area contributed by atoms with E-state index in [1.54, 1.807) is 0 Å². The average molecular weight is 222 g/mol. The maximum absolute atomic E-state index is 2.10. The molecule has 0 N–H and O–H groups in total. The highest BCUT2D eigenvalue weighted by Gasteiger charge is 1.96. The van der Waals surface area contributed by atoms with E-state index in [1.807, 2.05) is 43.6 Å². The topological polar surface area (TPSA) is 3.88 Å². The molecule has 1 heteroatoms. The third kappa shape index (κ3) is 3.42. The molecule has 0 saturated heterocycles. The molecule has 0 radical (unpaired) electrons. The predicted octanol–water partition coefficient (Wildman–Crippen LogP) is 3.24. The fraction of sp³-hybridized carbons (Fsp3) is 0.0625. The van der Waals surface area contributed by atoms with Gasteiger partial charge in [0.1, 0.15) is 7.05 Å². The first-order valence-corrected chi connectivity index (χ1v) is 5.71. The van der Waals surface area contributed by atoms with E-state index in [9.17, 15) is 0 Å². The lowest BCUT2D eigenvalue weighted by atomic mass is 10.2. The summed E-state index contributed by atoms with van der Waals surface area (Å²) in [6.07, 6.45) is 10.4. The van der Waals surface area contributed by atoms with Crippen LogP contribution in [0.2, 0.25) is 0 Å². The second-order valence-electron chi connectivity index (χ2n) is 3.87. The van der Waals surface area contributed by atoms with Gasteiger partial charge in [-0.15, -0.1) is 0 Å². The van der Waals surface area contributed by atoms with Gasteiger partial charge in [0.05, 0.1) is 0 Å². The van der Waals surface area contributed by atoms with Crippen LogP contribution >= 0.6 is 0 Å². The van der Waals surface area contributed by atoms with Crippen molar-refractivity contribution in [3.8, 4) is 0 Å². The molecular formula is C16H16N+. The maximum Gasteiger partial charge on any atom is 0.204 e. The van der Waals surface area contributed by atoms with Crippen molar-refractivity contribution in [1.29, 1.82) is 0 Å². The molecule has 1 nitrogen and oxygen atoms in total. The second kappa shape index (κ2) is 5.80. The molecule has 0 bridgehead atoms. The summed E-state index contributed by atoms with van der Waals surface area (Å²) in [6, 6.07) is 16.4. The number of hydrogen-bond acceptors (Lipinski definition) is 0. The molecule has 0 aliphatic heterocycles. The van der Waals surface area contributed by atoms with Crippen LogP contribution in [0.15, 0.2) is 66.9 Å². The van der Waals surface area contributed by atoms with E-state index < -0.39 is 0 Å². The second-order valence-corrected chi connectivity index (χ2v) is 3.87. The summed E-state index contributed by atoms with van der Waals surface area (Å²) in [7, 11) is 2.04. The molecule has 1 aromatic carbocycles. The van der Waals surface area contributed by atoms with Crippen molar-refractivity contribution in [1.82, 2.24) is 0 Å². The lowest BCUT2D eigenvalue weighted by Crippen LogP contribution is -2.30. The van der Waals surface area contributed by atoms with Gasteiger partial charge in [-0.05, 0) is 11.6 Å². The summed E-state index contributed by atoms with van der Waals surface area (Å²) < 4.78 is 2.09. The zero-order valence-corrected chi connectivity index (χ0v) is 9.95. The van der Waals surface area contributed by atoms with E-state index >= 15 is 0 Å². The Morgan fingerprint density at radius 1 is 0.824 bits per heavy atom. The van der Waals surface area contributed by atoms with Crippen molar-refractivity contribution >= 4 is 12.2 Å². The van der Waals surface area contributed by atoms with Gasteiger partial charge in [-0.25, -0.2) is 4.57 Å². The summed E-state index contributed by atoms with van der Waals surface area (Å²) >= 11 is 0. The zero-order valence-electron chi connectivity index (χ0n) is 9.95. The van der Waals surface area contributed by atoms with E-state index in [-0.39, 0.29) is 0 Å². The summed E-state index contributed by atoms with van der Waals surface area (Å²) in [6.45, 7) is 0. The minimum absolute atomic E-state index is 1.19. The van der Waals surface area contributed by atoms with Gasteiger partial charge in [0.25, 0.3) is 0 Å². The molecule has 1 aromatic heterocycles. The molecule has 0 fully saturated rings. The molecule has 1 heterocycles. The fourth-order valence-electron chi connectivity index (χ4n) is 1.59. The van der Waals surface area contributed by atoms with Crippen molar-refractivity contribution in [2.75, 3.05) is 0 Å². The third-order valence-electron chi connectivity index (χ3n) is 2.56. The van der Waals surface area contributed by atoms with Crippen molar-refractivity contribution in [2.24, 2.45) is 7.05 Å². The first-order chi connectivity index (χ1) is 8.36. The monoisotopic (exact) mass is 222 g/mol. The minimum atomic E-state index is 1.19. The normalized spacial score (nSPS) is 11.4. The van der Waals surface area contributed by atoms with Gasteiger partial charge in [-0.1, -0.05) is 48.6 Å². The first-order valence-electron chi connectivity index (χ1n) is 5.71. The number of aromatic nitrogens is 1. The molecule has 84 valence electrons. The van der Waals surface area contributed by atoms with E-state index in [0.717, 1.165) is 0 Å². The Morgan fingerprint density at radius 3 is 2.29 bits per heavy atom. The Labute approximate surface area is 102 Å². The van der Waals surface area contributed by atoms with Gasteiger partial charge in [0.2, 0.25) is 5.69 Å². The lowest BCUT2D eigenvalue weighted by Gasteiger charge is -1.91. The zero-order chi connectivity index (χ0) is 11.9. The summed E-state index contributed by atoms with van der Waals surface area (Å²) in [5.74, 6) is 0. The van der Waals surface area contributed by atoms with Crippen LogP contribution in [0, 0.1) is 0 Å². The molecular weight excluding hydrogens is 206 g/mol. The van der Waals surface area contributed by atoms with Gasteiger partial charge in [-0.3, -0.25) is 0 Å². The number of rotatable bonds is 3. The van der Waals surface area contributed by atoms with Gasteiger partial charge >= 0.3 is 0 Å². The minimum Gasteiger partial charge on any atom is -0.202 e. The lowest BCUT2D eigenvalue weighted by molar-refractivity contribution is -0.673. The molecule has 0 aliphatic carbocycles. The Balaban J connectivity index is 2.04. The molecule has 0 unspecified atom stereocenters. The standard InChI is InChI=1S/C16H16N/c1-17-14-8-7-13-16(17)12-6-5-11-15-9-3-2-4-10-15/h2-14H,1H3/q+1/b11-5-,12-6+. The largest absolute Gasteiger partial charge is 0.204 e. The van der Waals surface area contributed by atoms with Crippen LogP contribution < -0.4 is 4.57 Å². The molecule has 0 aliphatic rings. The van der Waals surface area contributed by atoms with Gasteiger partial charge in [-0.2, -0.15) is 0 Å². The predicted molar refractivity (Wildman–Crippen MR) is 72.1 cm³/mol. The third-order valence-corrected chi connectivity index (χ3v) is 2.56. The molecule has 0 spiro atoms. The number of pyridine rings is 1. The van der Waals surface area contributed by atoms with Gasteiger partial charge in [0, 0.05) is 18.2 Å². The molecule has 0 amide bonds. The number of benzene rings is 1. The maximum atomic E-state index is 2.10. The van der Waals surface area contributed by atoms with Crippen molar-refractivity contribution in [3.05, 3.63) is 78.1 Å². The van der Waals surface area contributed by atoms with Gasteiger partial charge in [0.15, 0.2) is 6.20 Å². The molecule has 0 saturated carbocycles. The van der Waals surface area contributed by atoms with Crippen molar-refractivity contribution in [3.63, 3.8) is 0 Å². The van der Waals surface area contributed by atoms with Crippen molar-refractivity contribution < 1.29 is 4.57 Å². The van der Waals surface area contributed by atoms with Crippen LogP contribution in [0.1, 0.15) is 11.3 Å².